The second-order valence-corrected chi connectivity index (χ2v) is 6.16. The van der Waals surface area contributed by atoms with Crippen molar-refractivity contribution in [1.29, 1.82) is 5.26 Å². The first-order valence-electron chi connectivity index (χ1n) is 8.74. The van der Waals surface area contributed by atoms with E-state index in [1.54, 1.807) is 24.3 Å². The molecule has 2 aromatic carbocycles. The van der Waals surface area contributed by atoms with E-state index in [1.165, 1.54) is 43.3 Å². The second kappa shape index (κ2) is 8.70. The maximum absolute atomic E-state index is 12.3. The number of nitrogens with zero attached hydrogens (tertiary/aromatic N) is 2. The van der Waals surface area contributed by atoms with Crippen molar-refractivity contribution in [2.45, 2.75) is 13.0 Å². The number of amides is 1. The molecule has 1 atom stereocenters. The Balaban J connectivity index is 1.65. The third kappa shape index (κ3) is 4.51. The molecule has 0 radical (unpaired) electrons. The maximum Gasteiger partial charge on any atom is 0.375 e. The van der Waals surface area contributed by atoms with Crippen LogP contribution in [0.25, 0.3) is 11.3 Å². The van der Waals surface area contributed by atoms with Gasteiger partial charge in [-0.25, -0.2) is 4.79 Å². The van der Waals surface area contributed by atoms with E-state index < -0.39 is 22.9 Å². The predicted octanol–water partition coefficient (Wildman–Crippen LogP) is 3.91. The molecule has 0 saturated heterocycles. The molecule has 0 fully saturated rings. The zero-order valence-electron chi connectivity index (χ0n) is 15.7. The lowest BCUT2D eigenvalue weighted by Gasteiger charge is -2.13. The molecule has 1 heterocycles. The molecular formula is C21H15N3O6. The van der Waals surface area contributed by atoms with Crippen molar-refractivity contribution in [3.05, 3.63) is 82.1 Å². The molecule has 0 spiro atoms. The largest absolute Gasteiger partial charge is 0.449 e. The molecule has 0 saturated carbocycles. The van der Waals surface area contributed by atoms with Crippen molar-refractivity contribution >= 4 is 23.3 Å². The molecule has 150 valence electrons. The number of esters is 1. The van der Waals surface area contributed by atoms with Crippen molar-refractivity contribution < 1.29 is 23.7 Å². The number of nitro benzene ring substituents is 1. The van der Waals surface area contributed by atoms with Gasteiger partial charge in [0.25, 0.3) is 11.6 Å². The van der Waals surface area contributed by atoms with Crippen LogP contribution < -0.4 is 5.32 Å². The number of para-hydroxylation sites is 1. The SMILES string of the molecule is C[C@H](OC(=O)c1ccc(-c2ccc([N+](=O)[O-])cc2)o1)C(=O)Nc1ccccc1C#N. The second-order valence-electron chi connectivity index (χ2n) is 6.16. The highest BCUT2D eigenvalue weighted by Gasteiger charge is 2.22. The minimum absolute atomic E-state index is 0.0669. The number of non-ortho nitro benzene ring substituents is 1. The standard InChI is InChI=1S/C21H15N3O6/c1-13(20(25)23-17-5-3-2-4-15(17)12-22)29-21(26)19-11-10-18(30-19)14-6-8-16(9-7-14)24(27)28/h2-11,13H,1H3,(H,23,25)/t13-/m0/s1. The van der Waals surface area contributed by atoms with Gasteiger partial charge in [-0.15, -0.1) is 0 Å². The number of furan rings is 1. The Kier molecular flexibility index (Phi) is 5.89. The lowest BCUT2D eigenvalue weighted by molar-refractivity contribution is -0.384. The number of carbonyl (C=O) groups excluding carboxylic acids is 2. The van der Waals surface area contributed by atoms with E-state index in [0.29, 0.717) is 17.0 Å². The highest BCUT2D eigenvalue weighted by molar-refractivity contribution is 5.97. The summed E-state index contributed by atoms with van der Waals surface area (Å²) in [6, 6.07) is 16.9. The summed E-state index contributed by atoms with van der Waals surface area (Å²) in [5.41, 5.74) is 1.07. The lowest BCUT2D eigenvalue weighted by atomic mass is 10.1. The van der Waals surface area contributed by atoms with Crippen LogP contribution in [-0.4, -0.2) is 22.9 Å². The topological polar surface area (TPSA) is 135 Å². The average molecular weight is 405 g/mol. The fraction of sp³-hybridized carbons (Fsp3) is 0.0952. The lowest BCUT2D eigenvalue weighted by Crippen LogP contribution is -2.30. The van der Waals surface area contributed by atoms with Crippen LogP contribution in [0.4, 0.5) is 11.4 Å². The summed E-state index contributed by atoms with van der Waals surface area (Å²) in [6.45, 7) is 1.39. The normalized spacial score (nSPS) is 11.2. The third-order valence-electron chi connectivity index (χ3n) is 4.13. The number of nitrogens with one attached hydrogen (secondary N) is 1. The van der Waals surface area contributed by atoms with E-state index in [2.05, 4.69) is 5.32 Å². The molecule has 0 unspecified atom stereocenters. The van der Waals surface area contributed by atoms with Crippen molar-refractivity contribution in [2.75, 3.05) is 5.32 Å². The van der Waals surface area contributed by atoms with E-state index in [0.717, 1.165) is 0 Å². The number of nitriles is 1. The highest BCUT2D eigenvalue weighted by atomic mass is 16.6. The van der Waals surface area contributed by atoms with E-state index in [9.17, 15) is 19.7 Å². The van der Waals surface area contributed by atoms with Gasteiger partial charge in [-0.2, -0.15) is 5.26 Å². The monoisotopic (exact) mass is 405 g/mol. The quantitative estimate of drug-likeness (QED) is 0.373. The number of carbonyl (C=O) groups is 2. The summed E-state index contributed by atoms with van der Waals surface area (Å²) in [5, 5.41) is 22.3. The van der Waals surface area contributed by atoms with E-state index in [-0.39, 0.29) is 17.0 Å². The Morgan fingerprint density at radius 3 is 2.50 bits per heavy atom. The minimum Gasteiger partial charge on any atom is -0.449 e. The molecule has 0 aliphatic carbocycles. The van der Waals surface area contributed by atoms with Crippen molar-refractivity contribution in [3.63, 3.8) is 0 Å². The Morgan fingerprint density at radius 1 is 1.13 bits per heavy atom. The Labute approximate surface area is 170 Å². The molecule has 30 heavy (non-hydrogen) atoms. The first-order valence-corrected chi connectivity index (χ1v) is 8.74. The zero-order chi connectivity index (χ0) is 21.7. The Bertz CT molecular complexity index is 1140. The summed E-state index contributed by atoms with van der Waals surface area (Å²) in [5.74, 6) is -1.26. The fourth-order valence-corrected chi connectivity index (χ4v) is 2.55. The van der Waals surface area contributed by atoms with Crippen LogP contribution in [0.3, 0.4) is 0 Å². The molecule has 1 N–H and O–H groups in total. The van der Waals surface area contributed by atoms with Crippen LogP contribution in [0.2, 0.25) is 0 Å². The number of hydrogen-bond donors (Lipinski definition) is 1. The average Bonchev–Trinajstić information content (AvgIpc) is 3.24. The number of anilines is 1. The third-order valence-corrected chi connectivity index (χ3v) is 4.13. The van der Waals surface area contributed by atoms with Crippen molar-refractivity contribution in [1.82, 2.24) is 0 Å². The van der Waals surface area contributed by atoms with Gasteiger partial charge in [-0.3, -0.25) is 14.9 Å². The van der Waals surface area contributed by atoms with Crippen molar-refractivity contribution in [3.8, 4) is 17.4 Å². The van der Waals surface area contributed by atoms with Crippen molar-refractivity contribution in [2.24, 2.45) is 0 Å². The predicted molar refractivity (Wildman–Crippen MR) is 105 cm³/mol. The molecule has 1 aromatic heterocycles. The van der Waals surface area contributed by atoms with Crippen LogP contribution in [0.15, 0.2) is 65.1 Å². The Morgan fingerprint density at radius 2 is 1.83 bits per heavy atom. The van der Waals surface area contributed by atoms with Crippen LogP contribution in [0.1, 0.15) is 23.0 Å². The molecule has 0 aliphatic heterocycles. The Hall–Kier alpha value is -4.45. The first-order chi connectivity index (χ1) is 14.4. The van der Waals surface area contributed by atoms with Gasteiger partial charge in [-0.1, -0.05) is 12.1 Å². The van der Waals surface area contributed by atoms with Crippen LogP contribution in [0, 0.1) is 21.4 Å². The van der Waals surface area contributed by atoms with Crippen LogP contribution in [-0.2, 0) is 9.53 Å². The molecule has 3 rings (SSSR count). The van der Waals surface area contributed by atoms with E-state index in [4.69, 9.17) is 14.4 Å². The fourth-order valence-electron chi connectivity index (χ4n) is 2.55. The summed E-state index contributed by atoms with van der Waals surface area (Å²) in [7, 11) is 0. The summed E-state index contributed by atoms with van der Waals surface area (Å²) in [6.07, 6.45) is -1.14. The van der Waals surface area contributed by atoms with Gasteiger partial charge in [0.1, 0.15) is 11.8 Å². The van der Waals surface area contributed by atoms with Crippen LogP contribution in [0.5, 0.6) is 0 Å². The molecule has 9 nitrogen and oxygen atoms in total. The van der Waals surface area contributed by atoms with Gasteiger partial charge in [0.05, 0.1) is 16.2 Å². The first kappa shape index (κ1) is 20.3. The molecule has 1 amide bonds. The molecule has 3 aromatic rings. The molecule has 9 heteroatoms. The number of benzene rings is 2. The zero-order valence-corrected chi connectivity index (χ0v) is 15.7. The summed E-state index contributed by atoms with van der Waals surface area (Å²) in [4.78, 5) is 34.8. The summed E-state index contributed by atoms with van der Waals surface area (Å²) < 4.78 is 10.6. The maximum atomic E-state index is 12.3. The van der Waals surface area contributed by atoms with Gasteiger partial charge in [-0.05, 0) is 43.3 Å². The van der Waals surface area contributed by atoms with Gasteiger partial charge >= 0.3 is 5.97 Å². The van der Waals surface area contributed by atoms with E-state index >= 15 is 0 Å². The van der Waals surface area contributed by atoms with E-state index in [1.807, 2.05) is 6.07 Å². The minimum atomic E-state index is -1.14. The highest BCUT2D eigenvalue weighted by Crippen LogP contribution is 2.25. The number of ether oxygens (including phenoxy) is 1. The number of hydrogen-bond acceptors (Lipinski definition) is 7. The van der Waals surface area contributed by atoms with Crippen LogP contribution >= 0.6 is 0 Å². The van der Waals surface area contributed by atoms with Gasteiger partial charge < -0.3 is 14.5 Å². The summed E-state index contributed by atoms with van der Waals surface area (Å²) >= 11 is 0. The van der Waals surface area contributed by atoms with Gasteiger partial charge in [0.2, 0.25) is 5.76 Å². The van der Waals surface area contributed by atoms with Gasteiger partial charge in [0.15, 0.2) is 6.10 Å². The molecule has 0 aliphatic rings. The smallest absolute Gasteiger partial charge is 0.375 e. The van der Waals surface area contributed by atoms with Gasteiger partial charge in [0, 0.05) is 17.7 Å². The number of rotatable bonds is 6. The molecular weight excluding hydrogens is 390 g/mol. The number of nitro groups is 1. The molecule has 0 bridgehead atoms.